The van der Waals surface area contributed by atoms with Crippen molar-refractivity contribution in [2.24, 2.45) is 5.16 Å². The van der Waals surface area contributed by atoms with Gasteiger partial charge in [-0.1, -0.05) is 19.0 Å². The van der Waals surface area contributed by atoms with E-state index in [1.165, 1.54) is 0 Å². The third-order valence-electron chi connectivity index (χ3n) is 2.76. The normalized spacial score (nSPS) is 12.3. The van der Waals surface area contributed by atoms with Gasteiger partial charge >= 0.3 is 0 Å². The lowest BCUT2D eigenvalue weighted by molar-refractivity contribution is 0.298. The molecule has 0 radical (unpaired) electrons. The molecule has 0 aliphatic carbocycles. The van der Waals surface area contributed by atoms with Crippen molar-refractivity contribution in [3.8, 4) is 0 Å². The van der Waals surface area contributed by atoms with E-state index in [0.29, 0.717) is 0 Å². The van der Waals surface area contributed by atoms with Crippen molar-refractivity contribution in [1.82, 2.24) is 4.90 Å². The first-order valence-electron chi connectivity index (χ1n) is 5.77. The van der Waals surface area contributed by atoms with Crippen LogP contribution in [0.2, 0.25) is 0 Å². The Morgan fingerprint density at radius 3 is 2.69 bits per heavy atom. The molecule has 3 nitrogen and oxygen atoms in total. The van der Waals surface area contributed by atoms with Crippen LogP contribution in [-0.2, 0) is 0 Å². The van der Waals surface area contributed by atoms with Crippen LogP contribution < -0.4 is 0 Å². The summed E-state index contributed by atoms with van der Waals surface area (Å²) in [7, 11) is 0. The van der Waals surface area contributed by atoms with Crippen molar-refractivity contribution in [1.29, 1.82) is 0 Å². The number of hydrogen-bond donors (Lipinski definition) is 1. The highest BCUT2D eigenvalue weighted by Crippen LogP contribution is 2.11. The molecule has 0 amide bonds. The number of thiophene rings is 1. The van der Waals surface area contributed by atoms with Crippen LogP contribution in [0.1, 0.15) is 32.3 Å². The van der Waals surface area contributed by atoms with Crippen LogP contribution in [0, 0.1) is 0 Å². The van der Waals surface area contributed by atoms with Gasteiger partial charge in [0, 0.05) is 5.56 Å². The molecule has 0 aliphatic heterocycles. The zero-order chi connectivity index (χ0) is 11.8. The fourth-order valence-electron chi connectivity index (χ4n) is 1.69. The third-order valence-corrected chi connectivity index (χ3v) is 3.44. The zero-order valence-electron chi connectivity index (χ0n) is 10.0. The number of rotatable bonds is 7. The summed E-state index contributed by atoms with van der Waals surface area (Å²) in [5.41, 5.74) is 1.85. The minimum Gasteiger partial charge on any atom is -0.411 e. The predicted molar refractivity (Wildman–Crippen MR) is 69.7 cm³/mol. The van der Waals surface area contributed by atoms with Gasteiger partial charge in [0.05, 0.1) is 5.71 Å². The molecule has 90 valence electrons. The minimum atomic E-state index is 0.799. The standard InChI is InChI=1S/C12H20N2OS/c1-3-14(4-2)8-5-6-12(13-15)11-7-9-16-10-11/h7,9-10,15H,3-6,8H2,1-2H3/b13-12-. The Morgan fingerprint density at radius 1 is 1.44 bits per heavy atom. The Hall–Kier alpha value is -0.870. The highest BCUT2D eigenvalue weighted by atomic mass is 32.1. The van der Waals surface area contributed by atoms with Crippen molar-refractivity contribution < 1.29 is 5.21 Å². The fraction of sp³-hybridized carbons (Fsp3) is 0.583. The average molecular weight is 240 g/mol. The second-order valence-electron chi connectivity index (χ2n) is 3.69. The molecule has 4 heteroatoms. The molecule has 1 aromatic heterocycles. The molecule has 0 bridgehead atoms. The molecule has 1 rings (SSSR count). The Kier molecular flexibility index (Phi) is 6.11. The molecule has 0 saturated heterocycles. The van der Waals surface area contributed by atoms with Gasteiger partial charge in [0.2, 0.25) is 0 Å². The topological polar surface area (TPSA) is 35.8 Å². The monoisotopic (exact) mass is 240 g/mol. The van der Waals surface area contributed by atoms with Crippen LogP contribution in [0.5, 0.6) is 0 Å². The van der Waals surface area contributed by atoms with E-state index in [1.54, 1.807) is 11.3 Å². The fourth-order valence-corrected chi connectivity index (χ4v) is 2.36. The van der Waals surface area contributed by atoms with E-state index in [1.807, 2.05) is 16.8 Å². The average Bonchev–Trinajstić information content (AvgIpc) is 2.83. The van der Waals surface area contributed by atoms with E-state index in [4.69, 9.17) is 5.21 Å². The molecule has 0 unspecified atom stereocenters. The van der Waals surface area contributed by atoms with Crippen molar-refractivity contribution in [3.05, 3.63) is 22.4 Å². The lowest BCUT2D eigenvalue weighted by Gasteiger charge is -2.17. The quantitative estimate of drug-likeness (QED) is 0.452. The number of oxime groups is 1. The third kappa shape index (κ3) is 3.94. The first-order valence-corrected chi connectivity index (χ1v) is 6.71. The number of hydrogen-bond acceptors (Lipinski definition) is 4. The molecular formula is C12H20N2OS. The van der Waals surface area contributed by atoms with Crippen molar-refractivity contribution >= 4 is 17.0 Å². The van der Waals surface area contributed by atoms with E-state index < -0.39 is 0 Å². The second-order valence-corrected chi connectivity index (χ2v) is 4.47. The van der Waals surface area contributed by atoms with Crippen LogP contribution in [0.4, 0.5) is 0 Å². The Labute approximate surface area is 101 Å². The van der Waals surface area contributed by atoms with Gasteiger partial charge in [0.15, 0.2) is 0 Å². The van der Waals surface area contributed by atoms with Crippen molar-refractivity contribution in [3.63, 3.8) is 0 Å². The van der Waals surface area contributed by atoms with Crippen LogP contribution in [0.3, 0.4) is 0 Å². The van der Waals surface area contributed by atoms with Crippen LogP contribution in [-0.4, -0.2) is 35.5 Å². The molecule has 0 atom stereocenters. The van der Waals surface area contributed by atoms with E-state index in [9.17, 15) is 0 Å². The van der Waals surface area contributed by atoms with E-state index in [0.717, 1.165) is 43.8 Å². The molecule has 1 heterocycles. The molecule has 1 N–H and O–H groups in total. The maximum atomic E-state index is 8.96. The second kappa shape index (κ2) is 7.41. The highest BCUT2D eigenvalue weighted by molar-refractivity contribution is 7.08. The van der Waals surface area contributed by atoms with E-state index in [-0.39, 0.29) is 0 Å². The van der Waals surface area contributed by atoms with Gasteiger partial charge in [-0.05, 0) is 49.3 Å². The summed E-state index contributed by atoms with van der Waals surface area (Å²) >= 11 is 1.63. The summed E-state index contributed by atoms with van der Waals surface area (Å²) in [5, 5.41) is 16.4. The van der Waals surface area contributed by atoms with Gasteiger partial charge < -0.3 is 10.1 Å². The van der Waals surface area contributed by atoms with Crippen molar-refractivity contribution in [2.75, 3.05) is 19.6 Å². The van der Waals surface area contributed by atoms with Crippen molar-refractivity contribution in [2.45, 2.75) is 26.7 Å². The first-order chi connectivity index (χ1) is 7.81. The summed E-state index contributed by atoms with van der Waals surface area (Å²) in [6.07, 6.45) is 1.88. The lowest BCUT2D eigenvalue weighted by Crippen LogP contribution is -2.24. The minimum absolute atomic E-state index is 0.799. The summed E-state index contributed by atoms with van der Waals surface area (Å²) < 4.78 is 0. The molecule has 0 fully saturated rings. The molecule has 1 aromatic rings. The summed E-state index contributed by atoms with van der Waals surface area (Å²) in [4.78, 5) is 2.38. The molecule has 0 saturated carbocycles. The maximum Gasteiger partial charge on any atom is 0.0876 e. The summed E-state index contributed by atoms with van der Waals surface area (Å²) in [5.74, 6) is 0. The van der Waals surface area contributed by atoms with Gasteiger partial charge in [-0.3, -0.25) is 0 Å². The van der Waals surface area contributed by atoms with Crippen LogP contribution >= 0.6 is 11.3 Å². The molecule has 0 aromatic carbocycles. The predicted octanol–water partition coefficient (Wildman–Crippen LogP) is 3.05. The van der Waals surface area contributed by atoms with Gasteiger partial charge in [0.1, 0.15) is 0 Å². The molecule has 0 spiro atoms. The van der Waals surface area contributed by atoms with Crippen LogP contribution in [0.15, 0.2) is 22.0 Å². The van der Waals surface area contributed by atoms with Gasteiger partial charge in [0.25, 0.3) is 0 Å². The smallest absolute Gasteiger partial charge is 0.0876 e. The Bertz CT molecular complexity index is 305. The Morgan fingerprint density at radius 2 is 2.19 bits per heavy atom. The van der Waals surface area contributed by atoms with Crippen LogP contribution in [0.25, 0.3) is 0 Å². The number of nitrogens with zero attached hydrogens (tertiary/aromatic N) is 2. The highest BCUT2D eigenvalue weighted by Gasteiger charge is 2.06. The molecular weight excluding hydrogens is 220 g/mol. The van der Waals surface area contributed by atoms with Gasteiger partial charge in [-0.15, -0.1) is 0 Å². The largest absolute Gasteiger partial charge is 0.411 e. The Balaban J connectivity index is 2.36. The molecule has 0 aliphatic rings. The van der Waals surface area contributed by atoms with Gasteiger partial charge in [-0.2, -0.15) is 11.3 Å². The lowest BCUT2D eigenvalue weighted by atomic mass is 10.1. The maximum absolute atomic E-state index is 8.96. The summed E-state index contributed by atoms with van der Waals surface area (Å²) in [6.45, 7) is 7.57. The molecule has 16 heavy (non-hydrogen) atoms. The van der Waals surface area contributed by atoms with E-state index >= 15 is 0 Å². The first kappa shape index (κ1) is 13.2. The zero-order valence-corrected chi connectivity index (χ0v) is 10.8. The van der Waals surface area contributed by atoms with E-state index in [2.05, 4.69) is 23.9 Å². The van der Waals surface area contributed by atoms with Gasteiger partial charge in [-0.25, -0.2) is 0 Å². The summed E-state index contributed by atoms with van der Waals surface area (Å²) in [6, 6.07) is 2.00. The SMILES string of the molecule is CCN(CC)CCC/C(=N/O)c1ccsc1.